The lowest BCUT2D eigenvalue weighted by atomic mass is 9.99. The molecular weight excluding hydrogens is 350 g/mol. The van der Waals surface area contributed by atoms with Crippen molar-refractivity contribution in [1.82, 2.24) is 19.5 Å². The molecule has 2 aromatic heterocycles. The van der Waals surface area contributed by atoms with Crippen molar-refractivity contribution in [3.8, 4) is 0 Å². The highest BCUT2D eigenvalue weighted by Crippen LogP contribution is 2.27. The normalized spacial score (nSPS) is 20.1. The molecule has 0 aliphatic carbocycles. The predicted molar refractivity (Wildman–Crippen MR) is 102 cm³/mol. The molecule has 140 valence electrons. The molecule has 1 amide bonds. The topological polar surface area (TPSA) is 70.8 Å². The maximum Gasteiger partial charge on any atom is 0.274 e. The number of aromatic nitrogens is 3. The number of piperidine rings is 2. The summed E-state index contributed by atoms with van der Waals surface area (Å²) in [4.78, 5) is 33.7. The van der Waals surface area contributed by atoms with Crippen LogP contribution in [0.3, 0.4) is 0 Å². The minimum Gasteiger partial charge on any atom is -0.347 e. The van der Waals surface area contributed by atoms with Crippen molar-refractivity contribution in [2.75, 3.05) is 31.1 Å². The van der Waals surface area contributed by atoms with Crippen LogP contribution in [0.1, 0.15) is 50.0 Å². The SMILES string of the molecule is CC1CCN(C(=O)c2cc(=O)nc3sc(N4CCC(C)CC4)nn23)CC1. The van der Waals surface area contributed by atoms with E-state index in [1.54, 1.807) is 4.52 Å². The fourth-order valence-electron chi connectivity index (χ4n) is 3.66. The van der Waals surface area contributed by atoms with Crippen LogP contribution in [0.15, 0.2) is 10.9 Å². The Labute approximate surface area is 156 Å². The summed E-state index contributed by atoms with van der Waals surface area (Å²) in [5, 5.41) is 5.49. The molecule has 0 aromatic carbocycles. The summed E-state index contributed by atoms with van der Waals surface area (Å²) < 4.78 is 1.57. The van der Waals surface area contributed by atoms with Gasteiger partial charge in [-0.1, -0.05) is 25.2 Å². The van der Waals surface area contributed by atoms with Gasteiger partial charge in [-0.2, -0.15) is 9.50 Å². The molecule has 2 saturated heterocycles. The second-order valence-corrected chi connectivity index (χ2v) is 8.64. The average molecular weight is 375 g/mol. The second kappa shape index (κ2) is 6.98. The Hall–Kier alpha value is -1.96. The van der Waals surface area contributed by atoms with Gasteiger partial charge >= 0.3 is 0 Å². The molecule has 2 aliphatic heterocycles. The van der Waals surface area contributed by atoms with E-state index in [4.69, 9.17) is 0 Å². The molecule has 4 rings (SSSR count). The van der Waals surface area contributed by atoms with Gasteiger partial charge in [0.05, 0.1) is 0 Å². The Bertz CT molecular complexity index is 860. The minimum absolute atomic E-state index is 0.115. The number of anilines is 1. The van der Waals surface area contributed by atoms with E-state index >= 15 is 0 Å². The average Bonchev–Trinajstić information content (AvgIpc) is 3.05. The molecular formula is C18H25N5O2S. The highest BCUT2D eigenvalue weighted by atomic mass is 32.1. The standard InChI is InChI=1S/C18H25N5O2S/c1-12-3-7-21(8-4-12)16(25)14-11-15(24)19-17-23(14)20-18(26-17)22-9-5-13(2)6-10-22/h11-13H,3-10H2,1-2H3. The van der Waals surface area contributed by atoms with Crippen LogP contribution in [0.2, 0.25) is 0 Å². The molecule has 2 aliphatic rings. The second-order valence-electron chi connectivity index (χ2n) is 7.70. The summed E-state index contributed by atoms with van der Waals surface area (Å²) in [6, 6.07) is 1.33. The first-order chi connectivity index (χ1) is 12.5. The van der Waals surface area contributed by atoms with Gasteiger partial charge in [0.25, 0.3) is 11.5 Å². The molecule has 8 heteroatoms. The van der Waals surface area contributed by atoms with E-state index in [9.17, 15) is 9.59 Å². The van der Waals surface area contributed by atoms with Crippen LogP contribution >= 0.6 is 11.3 Å². The van der Waals surface area contributed by atoms with E-state index in [-0.39, 0.29) is 11.5 Å². The smallest absolute Gasteiger partial charge is 0.274 e. The van der Waals surface area contributed by atoms with Crippen molar-refractivity contribution in [1.29, 1.82) is 0 Å². The Morgan fingerprint density at radius 1 is 1.08 bits per heavy atom. The number of fused-ring (bicyclic) bond motifs is 1. The predicted octanol–water partition coefficient (Wildman–Crippen LogP) is 2.26. The quantitative estimate of drug-likeness (QED) is 0.805. The zero-order chi connectivity index (χ0) is 18.3. The van der Waals surface area contributed by atoms with Gasteiger partial charge in [0.2, 0.25) is 10.1 Å². The summed E-state index contributed by atoms with van der Waals surface area (Å²) >= 11 is 1.39. The molecule has 7 nitrogen and oxygen atoms in total. The monoisotopic (exact) mass is 375 g/mol. The molecule has 0 radical (unpaired) electrons. The van der Waals surface area contributed by atoms with E-state index in [1.165, 1.54) is 17.4 Å². The van der Waals surface area contributed by atoms with Crippen LogP contribution in [0.5, 0.6) is 0 Å². The van der Waals surface area contributed by atoms with Crippen LogP contribution < -0.4 is 10.5 Å². The van der Waals surface area contributed by atoms with Crippen LogP contribution in [0.4, 0.5) is 5.13 Å². The zero-order valence-electron chi connectivity index (χ0n) is 15.3. The minimum atomic E-state index is -0.374. The van der Waals surface area contributed by atoms with Crippen molar-refractivity contribution in [2.24, 2.45) is 11.8 Å². The third-order valence-corrected chi connectivity index (χ3v) is 6.56. The van der Waals surface area contributed by atoms with Gasteiger partial charge < -0.3 is 9.80 Å². The lowest BCUT2D eigenvalue weighted by Gasteiger charge is -2.30. The molecule has 0 N–H and O–H groups in total. The van der Waals surface area contributed by atoms with Gasteiger partial charge in [-0.15, -0.1) is 5.10 Å². The molecule has 0 atom stereocenters. The number of amides is 1. The van der Waals surface area contributed by atoms with Crippen LogP contribution in [-0.4, -0.2) is 51.6 Å². The Kier molecular flexibility index (Phi) is 4.69. The van der Waals surface area contributed by atoms with Gasteiger partial charge in [0, 0.05) is 32.2 Å². The van der Waals surface area contributed by atoms with Crippen LogP contribution in [0.25, 0.3) is 4.96 Å². The number of hydrogen-bond acceptors (Lipinski definition) is 6. The van der Waals surface area contributed by atoms with Crippen LogP contribution in [-0.2, 0) is 0 Å². The number of rotatable bonds is 2. The first-order valence-corrected chi connectivity index (χ1v) is 10.3. The van der Waals surface area contributed by atoms with Gasteiger partial charge in [-0.05, 0) is 37.5 Å². The van der Waals surface area contributed by atoms with Crippen molar-refractivity contribution in [3.05, 3.63) is 22.1 Å². The Morgan fingerprint density at radius 2 is 1.69 bits per heavy atom. The number of carbonyl (C=O) groups is 1. The van der Waals surface area contributed by atoms with Gasteiger partial charge in [0.1, 0.15) is 5.69 Å². The van der Waals surface area contributed by atoms with Crippen molar-refractivity contribution < 1.29 is 4.79 Å². The van der Waals surface area contributed by atoms with E-state index in [0.29, 0.717) is 16.6 Å². The Morgan fingerprint density at radius 3 is 2.35 bits per heavy atom. The molecule has 26 heavy (non-hydrogen) atoms. The van der Waals surface area contributed by atoms with Crippen molar-refractivity contribution >= 4 is 27.3 Å². The number of nitrogens with zero attached hydrogens (tertiary/aromatic N) is 5. The summed E-state index contributed by atoms with van der Waals surface area (Å²) in [6.45, 7) is 7.87. The Balaban J connectivity index is 1.66. The maximum absolute atomic E-state index is 13.0. The van der Waals surface area contributed by atoms with E-state index in [2.05, 4.69) is 28.8 Å². The third kappa shape index (κ3) is 3.34. The third-order valence-electron chi connectivity index (χ3n) is 5.59. The fourth-order valence-corrected chi connectivity index (χ4v) is 4.62. The molecule has 0 saturated carbocycles. The van der Waals surface area contributed by atoms with Crippen LogP contribution in [0, 0.1) is 11.8 Å². The molecule has 0 spiro atoms. The number of likely N-dealkylation sites (tertiary alicyclic amines) is 1. The van der Waals surface area contributed by atoms with Gasteiger partial charge in [-0.25, -0.2) is 0 Å². The molecule has 2 fully saturated rings. The van der Waals surface area contributed by atoms with Gasteiger partial charge in [-0.3, -0.25) is 9.59 Å². The van der Waals surface area contributed by atoms with E-state index in [1.807, 2.05) is 4.90 Å². The summed E-state index contributed by atoms with van der Waals surface area (Å²) in [7, 11) is 0. The first-order valence-electron chi connectivity index (χ1n) is 9.46. The van der Waals surface area contributed by atoms with Crippen molar-refractivity contribution in [3.63, 3.8) is 0 Å². The van der Waals surface area contributed by atoms with Gasteiger partial charge in [0.15, 0.2) is 0 Å². The highest BCUT2D eigenvalue weighted by molar-refractivity contribution is 7.20. The molecule has 2 aromatic rings. The largest absolute Gasteiger partial charge is 0.347 e. The zero-order valence-corrected chi connectivity index (χ0v) is 16.2. The summed E-state index contributed by atoms with van der Waals surface area (Å²) in [5.74, 6) is 1.26. The summed E-state index contributed by atoms with van der Waals surface area (Å²) in [6.07, 6.45) is 4.28. The highest BCUT2D eigenvalue weighted by Gasteiger charge is 2.26. The maximum atomic E-state index is 13.0. The lowest BCUT2D eigenvalue weighted by Crippen LogP contribution is -2.39. The molecule has 0 unspecified atom stereocenters. The summed E-state index contributed by atoms with van der Waals surface area (Å²) in [5.41, 5.74) is -0.0383. The lowest BCUT2D eigenvalue weighted by molar-refractivity contribution is 0.0688. The fraction of sp³-hybridized carbons (Fsp3) is 0.667. The van der Waals surface area contributed by atoms with Crippen molar-refractivity contribution in [2.45, 2.75) is 39.5 Å². The van der Waals surface area contributed by atoms with E-state index in [0.717, 1.165) is 62.9 Å². The first kappa shape index (κ1) is 17.5. The molecule has 0 bridgehead atoms. The van der Waals surface area contributed by atoms with E-state index < -0.39 is 0 Å². The number of carbonyl (C=O) groups excluding carboxylic acids is 1. The number of hydrogen-bond donors (Lipinski definition) is 0. The molecule has 4 heterocycles.